The molecule has 0 saturated carbocycles. The van der Waals surface area contributed by atoms with Gasteiger partial charge >= 0.3 is 0 Å². The van der Waals surface area contributed by atoms with Gasteiger partial charge in [-0.3, -0.25) is 9.69 Å². The van der Waals surface area contributed by atoms with E-state index in [2.05, 4.69) is 4.90 Å². The summed E-state index contributed by atoms with van der Waals surface area (Å²) in [4.78, 5) is 13.2. The van der Waals surface area contributed by atoms with Crippen LogP contribution in [0.2, 0.25) is 0 Å². The zero-order valence-electron chi connectivity index (χ0n) is 14.7. The quantitative estimate of drug-likeness (QED) is 0.756. The Balaban J connectivity index is 1.94. The maximum atomic E-state index is 10.8. The molecule has 1 heterocycles. The number of carbonyl (C=O) groups excluding carboxylic acids is 1. The van der Waals surface area contributed by atoms with E-state index in [1.807, 2.05) is 36.4 Å². The third kappa shape index (κ3) is 4.00. The van der Waals surface area contributed by atoms with Gasteiger partial charge in [-0.15, -0.1) is 0 Å². The summed E-state index contributed by atoms with van der Waals surface area (Å²) in [5.41, 5.74) is 3.71. The lowest BCUT2D eigenvalue weighted by Gasteiger charge is -2.28. The smallest absolute Gasteiger partial charge is 0.150 e. The fourth-order valence-corrected chi connectivity index (χ4v) is 3.04. The fourth-order valence-electron chi connectivity index (χ4n) is 3.04. The fraction of sp³-hybridized carbons (Fsp3) is 0.350. The van der Waals surface area contributed by atoms with Crippen molar-refractivity contribution in [3.8, 4) is 22.6 Å². The van der Waals surface area contributed by atoms with Crippen molar-refractivity contribution in [2.24, 2.45) is 0 Å². The van der Waals surface area contributed by atoms with E-state index in [0.29, 0.717) is 5.56 Å². The molecule has 2 aromatic carbocycles. The Bertz CT molecular complexity index is 696. The van der Waals surface area contributed by atoms with E-state index >= 15 is 0 Å². The number of carbonyl (C=O) groups is 1. The molecule has 0 radical (unpaired) electrons. The number of morpholine rings is 1. The van der Waals surface area contributed by atoms with Crippen LogP contribution in [0.1, 0.15) is 15.9 Å². The van der Waals surface area contributed by atoms with Crippen LogP contribution in [-0.2, 0) is 11.3 Å². The van der Waals surface area contributed by atoms with E-state index < -0.39 is 0 Å². The molecular weight excluding hydrogens is 318 g/mol. The third-order valence-electron chi connectivity index (χ3n) is 4.47. The van der Waals surface area contributed by atoms with Gasteiger partial charge in [0.25, 0.3) is 0 Å². The molecule has 1 aliphatic heterocycles. The first-order valence-electron chi connectivity index (χ1n) is 8.35. The average Bonchev–Trinajstić information content (AvgIpc) is 2.69. The minimum atomic E-state index is 0.659. The summed E-state index contributed by atoms with van der Waals surface area (Å²) >= 11 is 0. The number of rotatable bonds is 6. The van der Waals surface area contributed by atoms with Gasteiger partial charge in [-0.2, -0.15) is 0 Å². The number of methoxy groups -OCH3 is 2. The normalized spacial score (nSPS) is 15.0. The molecule has 1 fully saturated rings. The topological polar surface area (TPSA) is 48.0 Å². The van der Waals surface area contributed by atoms with Gasteiger partial charge in [0.05, 0.1) is 33.0 Å². The Morgan fingerprint density at radius 2 is 1.60 bits per heavy atom. The van der Waals surface area contributed by atoms with Crippen LogP contribution in [0.25, 0.3) is 11.1 Å². The average molecular weight is 341 g/mol. The van der Waals surface area contributed by atoms with Gasteiger partial charge in [0.15, 0.2) is 0 Å². The second-order valence-corrected chi connectivity index (χ2v) is 5.99. The van der Waals surface area contributed by atoms with Crippen LogP contribution < -0.4 is 9.47 Å². The lowest BCUT2D eigenvalue weighted by atomic mass is 10.0. The summed E-state index contributed by atoms with van der Waals surface area (Å²) < 4.78 is 16.7. The number of hydrogen-bond acceptors (Lipinski definition) is 5. The van der Waals surface area contributed by atoms with E-state index in [1.54, 1.807) is 14.2 Å². The van der Waals surface area contributed by atoms with Crippen molar-refractivity contribution in [2.45, 2.75) is 6.54 Å². The predicted molar refractivity (Wildman–Crippen MR) is 96.5 cm³/mol. The van der Waals surface area contributed by atoms with Crippen molar-refractivity contribution in [2.75, 3.05) is 40.5 Å². The summed E-state index contributed by atoms with van der Waals surface area (Å²) in [5, 5.41) is 0. The molecule has 0 unspecified atom stereocenters. The second-order valence-electron chi connectivity index (χ2n) is 5.99. The first kappa shape index (κ1) is 17.5. The first-order chi connectivity index (χ1) is 12.2. The van der Waals surface area contributed by atoms with Crippen LogP contribution >= 0.6 is 0 Å². The molecule has 0 aromatic heterocycles. The van der Waals surface area contributed by atoms with Crippen LogP contribution in [0, 0.1) is 0 Å². The van der Waals surface area contributed by atoms with Gasteiger partial charge in [0, 0.05) is 25.2 Å². The van der Waals surface area contributed by atoms with Crippen LogP contribution in [-0.4, -0.2) is 51.7 Å². The van der Waals surface area contributed by atoms with E-state index in [-0.39, 0.29) is 0 Å². The van der Waals surface area contributed by atoms with Gasteiger partial charge in [-0.1, -0.05) is 24.3 Å². The molecule has 2 aromatic rings. The van der Waals surface area contributed by atoms with Gasteiger partial charge in [0.1, 0.15) is 17.8 Å². The van der Waals surface area contributed by atoms with Crippen LogP contribution in [0.15, 0.2) is 36.4 Å². The molecule has 0 aliphatic carbocycles. The Morgan fingerprint density at radius 1 is 1.00 bits per heavy atom. The predicted octanol–water partition coefficient (Wildman–Crippen LogP) is 3.02. The molecule has 0 bridgehead atoms. The van der Waals surface area contributed by atoms with Crippen molar-refractivity contribution < 1.29 is 19.0 Å². The zero-order valence-corrected chi connectivity index (χ0v) is 14.7. The van der Waals surface area contributed by atoms with Crippen molar-refractivity contribution >= 4 is 6.29 Å². The number of hydrogen-bond donors (Lipinski definition) is 0. The van der Waals surface area contributed by atoms with Crippen LogP contribution in [0.3, 0.4) is 0 Å². The Morgan fingerprint density at radius 3 is 2.12 bits per heavy atom. The van der Waals surface area contributed by atoms with E-state index in [0.717, 1.165) is 67.3 Å². The number of benzene rings is 2. The highest BCUT2D eigenvalue weighted by atomic mass is 16.5. The summed E-state index contributed by atoms with van der Waals surface area (Å²) in [6.07, 6.45) is 0.844. The Hall–Kier alpha value is -2.37. The molecule has 1 aliphatic rings. The number of ether oxygens (including phenoxy) is 3. The van der Waals surface area contributed by atoms with Crippen LogP contribution in [0.4, 0.5) is 0 Å². The molecule has 5 heteroatoms. The minimum absolute atomic E-state index is 0.659. The summed E-state index contributed by atoms with van der Waals surface area (Å²) in [5.74, 6) is 1.61. The van der Waals surface area contributed by atoms with Crippen molar-refractivity contribution in [1.82, 2.24) is 4.90 Å². The molecule has 5 nitrogen and oxygen atoms in total. The molecule has 0 N–H and O–H groups in total. The highest BCUT2D eigenvalue weighted by molar-refractivity contribution is 5.77. The molecule has 3 rings (SSSR count). The second kappa shape index (κ2) is 8.14. The van der Waals surface area contributed by atoms with Crippen molar-refractivity contribution in [3.05, 3.63) is 47.5 Å². The summed E-state index contributed by atoms with van der Waals surface area (Å²) in [7, 11) is 3.35. The van der Waals surface area contributed by atoms with E-state index in [9.17, 15) is 4.79 Å². The number of nitrogens with zero attached hydrogens (tertiary/aromatic N) is 1. The van der Waals surface area contributed by atoms with Gasteiger partial charge in [0.2, 0.25) is 0 Å². The maximum absolute atomic E-state index is 10.8. The molecule has 0 atom stereocenters. The molecule has 132 valence electrons. The zero-order chi connectivity index (χ0) is 17.6. The van der Waals surface area contributed by atoms with Gasteiger partial charge in [-0.05, 0) is 23.3 Å². The standard InChI is InChI=1S/C20H23NO4/c1-23-19-11-17(16-5-3-15(14-22)4-6-16)12-20(24-2)18(19)13-21-7-9-25-10-8-21/h3-6,11-12,14H,7-10,13H2,1-2H3. The molecular formula is C20H23NO4. The summed E-state index contributed by atoms with van der Waals surface area (Å²) in [6, 6.07) is 11.5. The largest absolute Gasteiger partial charge is 0.496 e. The highest BCUT2D eigenvalue weighted by Crippen LogP contribution is 2.36. The molecule has 0 spiro atoms. The maximum Gasteiger partial charge on any atom is 0.150 e. The summed E-state index contributed by atoms with van der Waals surface area (Å²) in [6.45, 7) is 4.08. The van der Waals surface area contributed by atoms with E-state index in [1.165, 1.54) is 0 Å². The Labute approximate surface area is 148 Å². The molecule has 0 amide bonds. The lowest BCUT2D eigenvalue weighted by molar-refractivity contribution is 0.0335. The van der Waals surface area contributed by atoms with E-state index in [4.69, 9.17) is 14.2 Å². The van der Waals surface area contributed by atoms with Crippen molar-refractivity contribution in [3.63, 3.8) is 0 Å². The monoisotopic (exact) mass is 341 g/mol. The highest BCUT2D eigenvalue weighted by Gasteiger charge is 2.18. The lowest BCUT2D eigenvalue weighted by Crippen LogP contribution is -2.35. The third-order valence-corrected chi connectivity index (χ3v) is 4.47. The van der Waals surface area contributed by atoms with Gasteiger partial charge < -0.3 is 14.2 Å². The van der Waals surface area contributed by atoms with Crippen molar-refractivity contribution in [1.29, 1.82) is 0 Å². The number of aldehydes is 1. The molecule has 25 heavy (non-hydrogen) atoms. The van der Waals surface area contributed by atoms with Gasteiger partial charge in [-0.25, -0.2) is 0 Å². The minimum Gasteiger partial charge on any atom is -0.496 e. The van der Waals surface area contributed by atoms with Crippen LogP contribution in [0.5, 0.6) is 11.5 Å². The first-order valence-corrected chi connectivity index (χ1v) is 8.35. The molecule has 1 saturated heterocycles. The SMILES string of the molecule is COc1cc(-c2ccc(C=O)cc2)cc(OC)c1CN1CCOCC1. The Kier molecular flexibility index (Phi) is 5.68.